The van der Waals surface area contributed by atoms with Crippen molar-refractivity contribution in [1.29, 1.82) is 0 Å². The molecule has 0 aliphatic carbocycles. The summed E-state index contributed by atoms with van der Waals surface area (Å²) in [5, 5.41) is 11.7. The van der Waals surface area contributed by atoms with Gasteiger partial charge in [-0.3, -0.25) is 4.79 Å². The smallest absolute Gasteiger partial charge is 0.331 e. The number of methoxy groups -OCH3 is 1. The Kier molecular flexibility index (Phi) is 7.19. The van der Waals surface area contributed by atoms with E-state index in [1.54, 1.807) is 24.3 Å². The van der Waals surface area contributed by atoms with Crippen LogP contribution < -0.4 is 14.8 Å². The maximum absolute atomic E-state index is 12.1. The van der Waals surface area contributed by atoms with Gasteiger partial charge in [-0.15, -0.1) is 0 Å². The van der Waals surface area contributed by atoms with Gasteiger partial charge >= 0.3 is 5.97 Å². The van der Waals surface area contributed by atoms with Crippen molar-refractivity contribution in [3.63, 3.8) is 0 Å². The van der Waals surface area contributed by atoms with Gasteiger partial charge < -0.3 is 24.6 Å². The lowest BCUT2D eigenvalue weighted by Gasteiger charge is -2.25. The van der Waals surface area contributed by atoms with Crippen molar-refractivity contribution in [3.05, 3.63) is 60.2 Å². The average Bonchev–Trinajstić information content (AvgIpc) is 2.66. The molecule has 0 saturated carbocycles. The minimum absolute atomic E-state index is 0.162. The van der Waals surface area contributed by atoms with E-state index in [4.69, 9.17) is 14.2 Å². The van der Waals surface area contributed by atoms with Crippen molar-refractivity contribution < 1.29 is 28.9 Å². The number of aliphatic carboxylic acids is 1. The predicted molar refractivity (Wildman–Crippen MR) is 98.8 cm³/mol. The number of carboxylic acids is 1. The molecular formula is C20H23NO6. The van der Waals surface area contributed by atoms with Crippen LogP contribution in [0.4, 0.5) is 0 Å². The SMILES string of the molecule is COCC(C)(NC(=O)COc1ccccc1OCc1ccccc1)C(=O)O. The number of hydrogen-bond acceptors (Lipinski definition) is 5. The van der Waals surface area contributed by atoms with Crippen LogP contribution in [0.5, 0.6) is 11.5 Å². The average molecular weight is 373 g/mol. The van der Waals surface area contributed by atoms with E-state index in [9.17, 15) is 14.7 Å². The van der Waals surface area contributed by atoms with Gasteiger partial charge in [0.1, 0.15) is 6.61 Å². The van der Waals surface area contributed by atoms with E-state index in [0.29, 0.717) is 18.1 Å². The van der Waals surface area contributed by atoms with Crippen molar-refractivity contribution in [2.75, 3.05) is 20.3 Å². The second-order valence-electron chi connectivity index (χ2n) is 6.13. The van der Waals surface area contributed by atoms with Gasteiger partial charge in [-0.2, -0.15) is 0 Å². The molecule has 0 aromatic heterocycles. The van der Waals surface area contributed by atoms with E-state index >= 15 is 0 Å². The molecule has 0 heterocycles. The second-order valence-corrected chi connectivity index (χ2v) is 6.13. The molecule has 0 bridgehead atoms. The molecule has 7 nitrogen and oxygen atoms in total. The summed E-state index contributed by atoms with van der Waals surface area (Å²) in [5.41, 5.74) is -0.528. The maximum Gasteiger partial charge on any atom is 0.331 e. The lowest BCUT2D eigenvalue weighted by molar-refractivity contribution is -0.149. The molecule has 1 amide bonds. The van der Waals surface area contributed by atoms with Crippen molar-refractivity contribution in [2.24, 2.45) is 0 Å². The van der Waals surface area contributed by atoms with E-state index in [2.05, 4.69) is 5.32 Å². The number of nitrogens with one attached hydrogen (secondary N) is 1. The summed E-state index contributed by atoms with van der Waals surface area (Å²) in [4.78, 5) is 23.4. The van der Waals surface area contributed by atoms with Gasteiger partial charge in [-0.05, 0) is 24.6 Å². The number of hydrogen-bond donors (Lipinski definition) is 2. The van der Waals surface area contributed by atoms with Crippen LogP contribution in [0, 0.1) is 0 Å². The molecule has 2 rings (SSSR count). The predicted octanol–water partition coefficient (Wildman–Crippen LogP) is 2.25. The summed E-state index contributed by atoms with van der Waals surface area (Å²) in [7, 11) is 1.37. The second kappa shape index (κ2) is 9.59. The molecule has 0 fully saturated rings. The zero-order valence-electron chi connectivity index (χ0n) is 15.3. The number of rotatable bonds is 10. The van der Waals surface area contributed by atoms with Crippen molar-refractivity contribution in [1.82, 2.24) is 5.32 Å². The van der Waals surface area contributed by atoms with Crippen LogP contribution in [0.25, 0.3) is 0 Å². The first-order valence-corrected chi connectivity index (χ1v) is 8.36. The molecule has 27 heavy (non-hydrogen) atoms. The summed E-state index contributed by atoms with van der Waals surface area (Å²) in [6.07, 6.45) is 0. The number of ether oxygens (including phenoxy) is 3. The van der Waals surface area contributed by atoms with E-state index in [1.807, 2.05) is 30.3 Å². The standard InChI is InChI=1S/C20H23NO6/c1-20(14-25-2,19(23)24)21-18(22)13-27-17-11-7-6-10-16(17)26-12-15-8-4-3-5-9-15/h3-11H,12-14H2,1-2H3,(H,21,22)(H,23,24). The molecule has 1 unspecified atom stereocenters. The van der Waals surface area contributed by atoms with Crippen LogP contribution in [0.1, 0.15) is 12.5 Å². The van der Waals surface area contributed by atoms with Crippen molar-refractivity contribution >= 4 is 11.9 Å². The summed E-state index contributed by atoms with van der Waals surface area (Å²) in [5.74, 6) is -0.876. The lowest BCUT2D eigenvalue weighted by Crippen LogP contribution is -2.56. The maximum atomic E-state index is 12.1. The van der Waals surface area contributed by atoms with Gasteiger partial charge in [0, 0.05) is 7.11 Å². The minimum atomic E-state index is -1.53. The lowest BCUT2D eigenvalue weighted by atomic mass is 10.0. The molecule has 0 spiro atoms. The molecule has 2 aromatic rings. The van der Waals surface area contributed by atoms with Crippen LogP contribution in [-0.2, 0) is 20.9 Å². The van der Waals surface area contributed by atoms with Gasteiger partial charge in [0.05, 0.1) is 6.61 Å². The number of carbonyl (C=O) groups is 2. The fraction of sp³-hybridized carbons (Fsp3) is 0.300. The van der Waals surface area contributed by atoms with Crippen LogP contribution in [-0.4, -0.2) is 42.8 Å². The Labute approximate surface area is 157 Å². The first-order valence-electron chi connectivity index (χ1n) is 8.36. The topological polar surface area (TPSA) is 94.1 Å². The Morgan fingerprint density at radius 2 is 1.59 bits per heavy atom. The highest BCUT2D eigenvalue weighted by Crippen LogP contribution is 2.27. The first-order chi connectivity index (χ1) is 12.9. The van der Waals surface area contributed by atoms with Crippen LogP contribution in [0.15, 0.2) is 54.6 Å². The summed E-state index contributed by atoms with van der Waals surface area (Å²) in [6, 6.07) is 16.6. The molecule has 1 atom stereocenters. The Morgan fingerprint density at radius 1 is 1.00 bits per heavy atom. The highest BCUT2D eigenvalue weighted by molar-refractivity contribution is 5.87. The van der Waals surface area contributed by atoms with Crippen LogP contribution in [0.3, 0.4) is 0 Å². The molecular weight excluding hydrogens is 350 g/mol. The van der Waals surface area contributed by atoms with E-state index in [0.717, 1.165) is 5.56 Å². The highest BCUT2D eigenvalue weighted by Gasteiger charge is 2.35. The molecule has 2 N–H and O–H groups in total. The Hall–Kier alpha value is -3.06. The quantitative estimate of drug-likeness (QED) is 0.663. The summed E-state index contributed by atoms with van der Waals surface area (Å²) < 4.78 is 16.2. The fourth-order valence-corrected chi connectivity index (χ4v) is 2.35. The number of carbonyl (C=O) groups excluding carboxylic acids is 1. The number of para-hydroxylation sites is 2. The zero-order chi connectivity index (χ0) is 19.7. The third-order valence-electron chi connectivity index (χ3n) is 3.77. The normalized spacial score (nSPS) is 12.7. The van der Waals surface area contributed by atoms with E-state index in [1.165, 1.54) is 14.0 Å². The Morgan fingerprint density at radius 3 is 2.19 bits per heavy atom. The largest absolute Gasteiger partial charge is 0.485 e. The third kappa shape index (κ3) is 6.00. The molecule has 0 aliphatic rings. The minimum Gasteiger partial charge on any atom is -0.485 e. The zero-order valence-corrected chi connectivity index (χ0v) is 15.3. The Bertz CT molecular complexity index is 764. The first kappa shape index (κ1) is 20.3. The van der Waals surface area contributed by atoms with Gasteiger partial charge in [0.15, 0.2) is 23.6 Å². The molecule has 2 aromatic carbocycles. The number of benzene rings is 2. The monoisotopic (exact) mass is 373 g/mol. The van der Waals surface area contributed by atoms with Gasteiger partial charge in [-0.1, -0.05) is 42.5 Å². The molecule has 0 aliphatic heterocycles. The van der Waals surface area contributed by atoms with Crippen LogP contribution >= 0.6 is 0 Å². The number of carboxylic acid groups (broad SMARTS) is 1. The van der Waals surface area contributed by atoms with Gasteiger partial charge in [0.2, 0.25) is 0 Å². The van der Waals surface area contributed by atoms with Crippen LogP contribution in [0.2, 0.25) is 0 Å². The van der Waals surface area contributed by atoms with E-state index in [-0.39, 0.29) is 13.2 Å². The van der Waals surface area contributed by atoms with E-state index < -0.39 is 17.4 Å². The molecule has 144 valence electrons. The highest BCUT2D eigenvalue weighted by atomic mass is 16.5. The summed E-state index contributed by atoms with van der Waals surface area (Å²) in [6.45, 7) is 1.22. The van der Waals surface area contributed by atoms with Crippen molar-refractivity contribution in [3.8, 4) is 11.5 Å². The molecule has 7 heteroatoms. The van der Waals surface area contributed by atoms with Gasteiger partial charge in [-0.25, -0.2) is 4.79 Å². The third-order valence-corrected chi connectivity index (χ3v) is 3.77. The Balaban J connectivity index is 1.95. The molecule has 0 radical (unpaired) electrons. The molecule has 0 saturated heterocycles. The summed E-state index contributed by atoms with van der Waals surface area (Å²) >= 11 is 0. The van der Waals surface area contributed by atoms with Crippen molar-refractivity contribution in [2.45, 2.75) is 19.1 Å². The number of amides is 1. The fourth-order valence-electron chi connectivity index (χ4n) is 2.35. The van der Waals surface area contributed by atoms with Gasteiger partial charge in [0.25, 0.3) is 5.91 Å².